The standard InChI is InChI=1S/C10H11N3O5/c1-12-7-6(9(17)13(2)10(12)18)4(3-5(14)15)8(16)11-7/h11,16H,3H2,1-2H3,(H,14,15). The molecule has 0 aliphatic heterocycles. The highest BCUT2D eigenvalue weighted by molar-refractivity contribution is 5.86. The number of hydrogen-bond donors (Lipinski definition) is 3. The first-order chi connectivity index (χ1) is 8.34. The van der Waals surface area contributed by atoms with Crippen molar-refractivity contribution in [3.63, 3.8) is 0 Å². The summed E-state index contributed by atoms with van der Waals surface area (Å²) in [4.78, 5) is 36.8. The van der Waals surface area contributed by atoms with E-state index in [1.165, 1.54) is 14.1 Å². The van der Waals surface area contributed by atoms with Crippen LogP contribution < -0.4 is 11.2 Å². The lowest BCUT2D eigenvalue weighted by Crippen LogP contribution is -2.37. The molecule has 2 heterocycles. The van der Waals surface area contributed by atoms with E-state index < -0.39 is 29.5 Å². The summed E-state index contributed by atoms with van der Waals surface area (Å²) in [5.41, 5.74) is -1.11. The predicted molar refractivity (Wildman–Crippen MR) is 61.8 cm³/mol. The minimum atomic E-state index is -1.18. The summed E-state index contributed by atoms with van der Waals surface area (Å²) < 4.78 is 2.00. The van der Waals surface area contributed by atoms with Crippen molar-refractivity contribution in [2.24, 2.45) is 14.1 Å². The van der Waals surface area contributed by atoms with Gasteiger partial charge in [0, 0.05) is 19.7 Å². The third-order valence-corrected chi connectivity index (χ3v) is 2.82. The van der Waals surface area contributed by atoms with Gasteiger partial charge in [0.05, 0.1) is 11.8 Å². The van der Waals surface area contributed by atoms with Crippen molar-refractivity contribution in [3.8, 4) is 5.88 Å². The zero-order valence-electron chi connectivity index (χ0n) is 9.72. The van der Waals surface area contributed by atoms with Crippen LogP contribution in [0.5, 0.6) is 5.88 Å². The fraction of sp³-hybridized carbons (Fsp3) is 0.300. The number of rotatable bonds is 2. The Hall–Kier alpha value is -2.51. The average Bonchev–Trinajstić information content (AvgIpc) is 2.61. The van der Waals surface area contributed by atoms with Crippen molar-refractivity contribution >= 4 is 17.0 Å². The van der Waals surface area contributed by atoms with Crippen molar-refractivity contribution in [2.45, 2.75) is 6.42 Å². The molecule has 0 radical (unpaired) electrons. The summed E-state index contributed by atoms with van der Waals surface area (Å²) in [5.74, 6) is -1.59. The number of hydrogen-bond acceptors (Lipinski definition) is 4. The Bertz CT molecular complexity index is 764. The van der Waals surface area contributed by atoms with E-state index >= 15 is 0 Å². The fourth-order valence-corrected chi connectivity index (χ4v) is 1.89. The first-order valence-electron chi connectivity index (χ1n) is 5.06. The Labute approximate surface area is 99.7 Å². The second-order valence-electron chi connectivity index (χ2n) is 3.95. The van der Waals surface area contributed by atoms with Crippen LogP contribution in [0, 0.1) is 0 Å². The minimum absolute atomic E-state index is 0.0134. The molecule has 96 valence electrons. The number of fused-ring (bicyclic) bond motifs is 1. The van der Waals surface area contributed by atoms with Gasteiger partial charge in [-0.15, -0.1) is 0 Å². The van der Waals surface area contributed by atoms with E-state index in [4.69, 9.17) is 5.11 Å². The second kappa shape index (κ2) is 3.76. The monoisotopic (exact) mass is 253 g/mol. The van der Waals surface area contributed by atoms with E-state index in [0.717, 1.165) is 9.13 Å². The zero-order chi connectivity index (χ0) is 13.6. The molecule has 8 heteroatoms. The smallest absolute Gasteiger partial charge is 0.332 e. The van der Waals surface area contributed by atoms with Crippen molar-refractivity contribution < 1.29 is 15.0 Å². The van der Waals surface area contributed by atoms with Crippen molar-refractivity contribution in [1.29, 1.82) is 0 Å². The summed E-state index contributed by atoms with van der Waals surface area (Å²) in [6.45, 7) is 0. The molecule has 0 unspecified atom stereocenters. The van der Waals surface area contributed by atoms with Crippen LogP contribution in [0.2, 0.25) is 0 Å². The van der Waals surface area contributed by atoms with Gasteiger partial charge in [-0.2, -0.15) is 0 Å². The van der Waals surface area contributed by atoms with Gasteiger partial charge in [-0.3, -0.25) is 18.7 Å². The third kappa shape index (κ3) is 1.50. The molecule has 0 spiro atoms. The van der Waals surface area contributed by atoms with Gasteiger partial charge in [0.1, 0.15) is 5.65 Å². The Morgan fingerprint density at radius 1 is 1.28 bits per heavy atom. The van der Waals surface area contributed by atoms with Gasteiger partial charge in [0.2, 0.25) is 0 Å². The molecule has 0 saturated heterocycles. The van der Waals surface area contributed by atoms with Gasteiger partial charge < -0.3 is 15.2 Å². The van der Waals surface area contributed by atoms with Gasteiger partial charge in [0.25, 0.3) is 5.56 Å². The maximum atomic E-state index is 11.9. The van der Waals surface area contributed by atoms with Crippen LogP contribution in [0.25, 0.3) is 11.0 Å². The number of aromatic amines is 1. The Kier molecular flexibility index (Phi) is 2.50. The molecule has 0 saturated carbocycles. The molecule has 2 aromatic rings. The molecule has 0 aliphatic rings. The van der Waals surface area contributed by atoms with Crippen molar-refractivity contribution in [1.82, 2.24) is 14.1 Å². The van der Waals surface area contributed by atoms with E-state index in [1.54, 1.807) is 0 Å². The average molecular weight is 253 g/mol. The van der Waals surface area contributed by atoms with Crippen molar-refractivity contribution in [3.05, 3.63) is 26.4 Å². The number of H-pyrrole nitrogens is 1. The molecule has 0 bridgehead atoms. The Morgan fingerprint density at radius 3 is 2.44 bits per heavy atom. The molecule has 2 rings (SSSR count). The van der Waals surface area contributed by atoms with Gasteiger partial charge in [0.15, 0.2) is 5.88 Å². The molecular formula is C10H11N3O5. The van der Waals surface area contributed by atoms with E-state index in [0.29, 0.717) is 0 Å². The lowest BCUT2D eigenvalue weighted by molar-refractivity contribution is -0.136. The van der Waals surface area contributed by atoms with Crippen LogP contribution in [-0.2, 0) is 25.3 Å². The van der Waals surface area contributed by atoms with Crippen LogP contribution in [0.15, 0.2) is 9.59 Å². The first kappa shape index (κ1) is 12.0. The molecule has 0 atom stereocenters. The number of aryl methyl sites for hydroxylation is 1. The summed E-state index contributed by atoms with van der Waals surface area (Å²) in [6, 6.07) is 0. The number of carbonyl (C=O) groups is 1. The normalized spacial score (nSPS) is 11.0. The molecule has 0 aromatic carbocycles. The highest BCUT2D eigenvalue weighted by atomic mass is 16.4. The first-order valence-corrected chi connectivity index (χ1v) is 5.06. The number of aromatic hydroxyl groups is 1. The highest BCUT2D eigenvalue weighted by Gasteiger charge is 2.20. The minimum Gasteiger partial charge on any atom is -0.494 e. The summed E-state index contributed by atoms with van der Waals surface area (Å²) in [6.07, 6.45) is -0.501. The predicted octanol–water partition coefficient (Wildman–Crippen LogP) is -1.10. The molecule has 8 nitrogen and oxygen atoms in total. The van der Waals surface area contributed by atoms with Crippen LogP contribution in [0.1, 0.15) is 5.56 Å². The van der Waals surface area contributed by atoms with E-state index in [2.05, 4.69) is 4.98 Å². The lowest BCUT2D eigenvalue weighted by Gasteiger charge is -2.03. The zero-order valence-corrected chi connectivity index (χ0v) is 9.72. The second-order valence-corrected chi connectivity index (χ2v) is 3.95. The lowest BCUT2D eigenvalue weighted by atomic mass is 10.1. The van der Waals surface area contributed by atoms with E-state index in [-0.39, 0.29) is 16.6 Å². The number of nitrogens with one attached hydrogen (secondary N) is 1. The number of nitrogens with zero attached hydrogens (tertiary/aromatic N) is 2. The van der Waals surface area contributed by atoms with Crippen molar-refractivity contribution in [2.75, 3.05) is 0 Å². The quantitative estimate of drug-likeness (QED) is 0.627. The third-order valence-electron chi connectivity index (χ3n) is 2.82. The molecule has 2 aromatic heterocycles. The molecule has 3 N–H and O–H groups in total. The van der Waals surface area contributed by atoms with Crippen LogP contribution >= 0.6 is 0 Å². The van der Waals surface area contributed by atoms with Gasteiger partial charge in [-0.05, 0) is 0 Å². The molecular weight excluding hydrogens is 242 g/mol. The highest BCUT2D eigenvalue weighted by Crippen LogP contribution is 2.23. The Morgan fingerprint density at radius 2 is 1.89 bits per heavy atom. The fourth-order valence-electron chi connectivity index (χ4n) is 1.89. The molecule has 0 amide bonds. The Balaban J connectivity index is 2.99. The van der Waals surface area contributed by atoms with Crippen LogP contribution in [0.3, 0.4) is 0 Å². The number of carboxylic acids is 1. The number of carboxylic acid groups (broad SMARTS) is 1. The van der Waals surface area contributed by atoms with Crippen LogP contribution in [-0.4, -0.2) is 30.3 Å². The van der Waals surface area contributed by atoms with E-state index in [9.17, 15) is 19.5 Å². The van der Waals surface area contributed by atoms with Crippen LogP contribution in [0.4, 0.5) is 0 Å². The molecule has 18 heavy (non-hydrogen) atoms. The van der Waals surface area contributed by atoms with Gasteiger partial charge >= 0.3 is 11.7 Å². The van der Waals surface area contributed by atoms with E-state index in [1.807, 2.05) is 0 Å². The van der Waals surface area contributed by atoms with Gasteiger partial charge in [-0.25, -0.2) is 4.79 Å². The molecule has 0 aliphatic carbocycles. The maximum absolute atomic E-state index is 11.9. The maximum Gasteiger partial charge on any atom is 0.332 e. The topological polar surface area (TPSA) is 117 Å². The number of aromatic nitrogens is 3. The summed E-state index contributed by atoms with van der Waals surface area (Å²) >= 11 is 0. The van der Waals surface area contributed by atoms with Gasteiger partial charge in [-0.1, -0.05) is 0 Å². The largest absolute Gasteiger partial charge is 0.494 e. The summed E-state index contributed by atoms with van der Waals surface area (Å²) in [5, 5.41) is 18.4. The SMILES string of the molecule is Cn1c(=O)c2c(CC(=O)O)c(O)[nH]c2n(C)c1=O. The summed E-state index contributed by atoms with van der Waals surface area (Å²) in [7, 11) is 2.71. The number of aliphatic carboxylic acids is 1. The molecule has 0 fully saturated rings.